The van der Waals surface area contributed by atoms with E-state index >= 15 is 0 Å². The summed E-state index contributed by atoms with van der Waals surface area (Å²) in [5.41, 5.74) is -0.288. The van der Waals surface area contributed by atoms with Crippen molar-refractivity contribution in [2.45, 2.75) is 44.6 Å². The molecule has 1 atom stereocenters. The van der Waals surface area contributed by atoms with Crippen molar-refractivity contribution >= 4 is 47.2 Å². The number of carbonyl (C=O) groups excluding carboxylic acids is 1. The second-order valence-corrected chi connectivity index (χ2v) is 9.25. The first-order valence-electron chi connectivity index (χ1n) is 10.5. The molecule has 1 aromatic rings. The SMILES string of the molecule is CN=C(NCC(c1cccs1)N1CCCC1)NCC1(C(=O)N(C)C)CCCC1.I. The molecular weight excluding hydrogens is 497 g/mol. The lowest BCUT2D eigenvalue weighted by Gasteiger charge is -2.32. The summed E-state index contributed by atoms with van der Waals surface area (Å²) in [6.07, 6.45) is 6.73. The van der Waals surface area contributed by atoms with Gasteiger partial charge < -0.3 is 15.5 Å². The second-order valence-electron chi connectivity index (χ2n) is 8.27. The number of hydrogen-bond acceptors (Lipinski definition) is 4. The Morgan fingerprint density at radius 3 is 2.48 bits per heavy atom. The van der Waals surface area contributed by atoms with Gasteiger partial charge in [-0.05, 0) is 50.2 Å². The second kappa shape index (κ2) is 11.5. The Labute approximate surface area is 196 Å². The monoisotopic (exact) mass is 533 g/mol. The average molecular weight is 534 g/mol. The fourth-order valence-corrected chi connectivity index (χ4v) is 5.46. The molecule has 164 valence electrons. The number of nitrogens with zero attached hydrogens (tertiary/aromatic N) is 3. The molecule has 2 heterocycles. The molecule has 2 fully saturated rings. The number of amides is 1. The molecule has 1 aliphatic heterocycles. The van der Waals surface area contributed by atoms with Gasteiger partial charge in [0.1, 0.15) is 0 Å². The van der Waals surface area contributed by atoms with E-state index in [4.69, 9.17) is 0 Å². The van der Waals surface area contributed by atoms with Crippen molar-refractivity contribution in [2.75, 3.05) is 47.3 Å². The van der Waals surface area contributed by atoms with Crippen LogP contribution in [0.4, 0.5) is 0 Å². The molecule has 1 aromatic heterocycles. The van der Waals surface area contributed by atoms with Gasteiger partial charge in [0.2, 0.25) is 5.91 Å². The molecular formula is C21H36IN5OS. The lowest BCUT2D eigenvalue weighted by atomic mass is 9.84. The third-order valence-electron chi connectivity index (χ3n) is 6.15. The van der Waals surface area contributed by atoms with Crippen molar-refractivity contribution < 1.29 is 4.79 Å². The van der Waals surface area contributed by atoms with Gasteiger partial charge in [0.15, 0.2) is 5.96 Å². The number of hydrogen-bond donors (Lipinski definition) is 2. The van der Waals surface area contributed by atoms with Crippen LogP contribution in [0.1, 0.15) is 49.4 Å². The summed E-state index contributed by atoms with van der Waals surface area (Å²) < 4.78 is 0. The lowest BCUT2D eigenvalue weighted by Crippen LogP contribution is -2.50. The molecule has 0 bridgehead atoms. The van der Waals surface area contributed by atoms with Gasteiger partial charge >= 0.3 is 0 Å². The molecule has 1 unspecified atom stereocenters. The van der Waals surface area contributed by atoms with E-state index in [-0.39, 0.29) is 35.3 Å². The van der Waals surface area contributed by atoms with Crippen LogP contribution in [0.3, 0.4) is 0 Å². The predicted molar refractivity (Wildman–Crippen MR) is 132 cm³/mol. The molecule has 0 radical (unpaired) electrons. The molecule has 1 aliphatic carbocycles. The van der Waals surface area contributed by atoms with E-state index in [1.54, 1.807) is 11.9 Å². The molecule has 0 spiro atoms. The Morgan fingerprint density at radius 1 is 1.24 bits per heavy atom. The molecule has 3 rings (SSSR count). The zero-order valence-electron chi connectivity index (χ0n) is 17.9. The van der Waals surface area contributed by atoms with E-state index in [0.29, 0.717) is 12.6 Å². The van der Waals surface area contributed by atoms with E-state index in [2.05, 4.69) is 38.0 Å². The van der Waals surface area contributed by atoms with Crippen LogP contribution in [-0.2, 0) is 4.79 Å². The first kappa shape index (κ1) is 24.4. The summed E-state index contributed by atoms with van der Waals surface area (Å²) in [6.45, 7) is 3.80. The highest BCUT2D eigenvalue weighted by Crippen LogP contribution is 2.39. The first-order valence-corrected chi connectivity index (χ1v) is 11.4. The van der Waals surface area contributed by atoms with Crippen molar-refractivity contribution in [3.05, 3.63) is 22.4 Å². The van der Waals surface area contributed by atoms with E-state index in [0.717, 1.165) is 51.3 Å². The Bertz CT molecular complexity index is 652. The number of nitrogens with one attached hydrogen (secondary N) is 2. The fourth-order valence-electron chi connectivity index (χ4n) is 4.60. The Kier molecular flexibility index (Phi) is 9.68. The summed E-state index contributed by atoms with van der Waals surface area (Å²) >= 11 is 1.83. The average Bonchev–Trinajstić information content (AvgIpc) is 3.47. The van der Waals surface area contributed by atoms with Gasteiger partial charge in [-0.3, -0.25) is 14.7 Å². The van der Waals surface area contributed by atoms with Gasteiger partial charge in [-0.15, -0.1) is 35.3 Å². The molecule has 6 nitrogen and oxygen atoms in total. The minimum absolute atomic E-state index is 0. The van der Waals surface area contributed by atoms with E-state index in [1.165, 1.54) is 17.7 Å². The number of halogens is 1. The van der Waals surface area contributed by atoms with Crippen LogP contribution >= 0.6 is 35.3 Å². The van der Waals surface area contributed by atoms with E-state index < -0.39 is 0 Å². The molecule has 2 aliphatic rings. The number of carbonyl (C=O) groups is 1. The molecule has 0 aromatic carbocycles. The molecule has 1 saturated carbocycles. The predicted octanol–water partition coefficient (Wildman–Crippen LogP) is 3.32. The third kappa shape index (κ3) is 6.07. The molecule has 29 heavy (non-hydrogen) atoms. The smallest absolute Gasteiger partial charge is 0.230 e. The minimum Gasteiger partial charge on any atom is -0.355 e. The number of guanidine groups is 1. The van der Waals surface area contributed by atoms with Crippen LogP contribution in [0.15, 0.2) is 22.5 Å². The van der Waals surface area contributed by atoms with Crippen molar-refractivity contribution in [3.8, 4) is 0 Å². The van der Waals surface area contributed by atoms with Gasteiger partial charge in [-0.25, -0.2) is 0 Å². The minimum atomic E-state index is -0.288. The van der Waals surface area contributed by atoms with Gasteiger partial charge in [0.05, 0.1) is 11.5 Å². The highest BCUT2D eigenvalue weighted by molar-refractivity contribution is 14.0. The zero-order valence-corrected chi connectivity index (χ0v) is 21.1. The molecule has 2 N–H and O–H groups in total. The van der Waals surface area contributed by atoms with Crippen molar-refractivity contribution in [1.82, 2.24) is 20.4 Å². The number of rotatable bonds is 7. The van der Waals surface area contributed by atoms with Crippen LogP contribution in [0, 0.1) is 5.41 Å². The molecule has 8 heteroatoms. The standard InChI is InChI=1S/C21H35N5OS.HI/c1-22-20(24-16-21(10-4-5-11-21)19(27)25(2)3)23-15-17(18-9-8-14-28-18)26-12-6-7-13-26;/h8-9,14,17H,4-7,10-13,15-16H2,1-3H3,(H2,22,23,24);1H. The normalized spacial score (nSPS) is 20.2. The largest absolute Gasteiger partial charge is 0.355 e. The van der Waals surface area contributed by atoms with Crippen LogP contribution in [-0.4, -0.2) is 69.0 Å². The molecule has 1 amide bonds. The summed E-state index contributed by atoms with van der Waals surface area (Å²) in [5, 5.41) is 9.13. The van der Waals surface area contributed by atoms with Crippen LogP contribution < -0.4 is 10.6 Å². The fraction of sp³-hybridized carbons (Fsp3) is 0.714. The Balaban J connectivity index is 0.00000300. The number of aliphatic imine (C=N–C) groups is 1. The number of thiophene rings is 1. The van der Waals surface area contributed by atoms with Gasteiger partial charge in [0, 0.05) is 39.1 Å². The maximum Gasteiger partial charge on any atom is 0.230 e. The lowest BCUT2D eigenvalue weighted by molar-refractivity contribution is -0.138. The van der Waals surface area contributed by atoms with Crippen LogP contribution in [0.25, 0.3) is 0 Å². The quantitative estimate of drug-likeness (QED) is 0.321. The summed E-state index contributed by atoms with van der Waals surface area (Å²) in [5.74, 6) is 1.03. The highest BCUT2D eigenvalue weighted by Gasteiger charge is 2.42. The van der Waals surface area contributed by atoms with Gasteiger partial charge in [0.25, 0.3) is 0 Å². The Morgan fingerprint density at radius 2 is 1.93 bits per heavy atom. The topological polar surface area (TPSA) is 60.0 Å². The van der Waals surface area contributed by atoms with Gasteiger partial charge in [-0.1, -0.05) is 18.9 Å². The number of likely N-dealkylation sites (tertiary alicyclic amines) is 1. The summed E-state index contributed by atoms with van der Waals surface area (Å²) in [7, 11) is 5.52. The van der Waals surface area contributed by atoms with E-state index in [9.17, 15) is 4.79 Å². The molecule has 1 saturated heterocycles. The van der Waals surface area contributed by atoms with Gasteiger partial charge in [-0.2, -0.15) is 0 Å². The first-order chi connectivity index (χ1) is 13.6. The van der Waals surface area contributed by atoms with Crippen molar-refractivity contribution in [1.29, 1.82) is 0 Å². The summed E-state index contributed by atoms with van der Waals surface area (Å²) in [4.78, 5) is 22.9. The van der Waals surface area contributed by atoms with Crippen LogP contribution in [0.5, 0.6) is 0 Å². The third-order valence-corrected chi connectivity index (χ3v) is 7.13. The maximum atomic E-state index is 12.8. The van der Waals surface area contributed by atoms with E-state index in [1.807, 2.05) is 25.4 Å². The maximum absolute atomic E-state index is 12.8. The summed E-state index contributed by atoms with van der Waals surface area (Å²) in [6, 6.07) is 4.74. The van der Waals surface area contributed by atoms with Crippen LogP contribution in [0.2, 0.25) is 0 Å². The zero-order chi connectivity index (χ0) is 20.0. The van der Waals surface area contributed by atoms with Crippen molar-refractivity contribution in [2.24, 2.45) is 10.4 Å². The highest BCUT2D eigenvalue weighted by atomic mass is 127. The van der Waals surface area contributed by atoms with Crippen molar-refractivity contribution in [3.63, 3.8) is 0 Å². The Hall–Kier alpha value is -0.870.